The Morgan fingerprint density at radius 2 is 1.45 bits per heavy atom. The van der Waals surface area contributed by atoms with E-state index in [1.54, 1.807) is 6.08 Å². The number of alkyl halides is 9. The summed E-state index contributed by atoms with van der Waals surface area (Å²) in [6.45, 7) is 5.82. The van der Waals surface area contributed by atoms with Crippen LogP contribution >= 0.6 is 0 Å². The van der Waals surface area contributed by atoms with Crippen LogP contribution in [-0.4, -0.2) is 39.0 Å². The second kappa shape index (κ2) is 11.5. The molecular formula is C31H33F9O3S. The predicted octanol–water partition coefficient (Wildman–Crippen LogP) is 9.36. The summed E-state index contributed by atoms with van der Waals surface area (Å²) in [5.74, 6) is -12.0. The zero-order valence-electron chi connectivity index (χ0n) is 24.2. The fraction of sp³-hybridized carbons (Fsp3) is 0.516. The minimum atomic E-state index is -7.21. The molecule has 13 heteroatoms. The molecule has 0 saturated heterocycles. The van der Waals surface area contributed by atoms with Crippen LogP contribution in [0.1, 0.15) is 57.9 Å². The van der Waals surface area contributed by atoms with Gasteiger partial charge in [-0.15, -0.1) is 0 Å². The van der Waals surface area contributed by atoms with E-state index in [9.17, 15) is 43.7 Å². The molecule has 0 aliphatic heterocycles. The molecule has 0 aromatic heterocycles. The molecule has 1 saturated carbocycles. The number of hydrogen-bond acceptors (Lipinski definition) is 3. The molecule has 44 heavy (non-hydrogen) atoms. The van der Waals surface area contributed by atoms with Crippen molar-refractivity contribution < 1.29 is 52.6 Å². The summed E-state index contributed by atoms with van der Waals surface area (Å²) in [5.41, 5.74) is 1.86. The number of ether oxygens (including phenoxy) is 1. The molecule has 3 aliphatic carbocycles. The highest BCUT2D eigenvalue weighted by Crippen LogP contribution is 2.56. The van der Waals surface area contributed by atoms with Gasteiger partial charge in [0.25, 0.3) is 0 Å². The van der Waals surface area contributed by atoms with Crippen LogP contribution in [0.2, 0.25) is 0 Å². The molecule has 3 nitrogen and oxygen atoms in total. The summed E-state index contributed by atoms with van der Waals surface area (Å²) in [6, 6.07) is 9.73. The van der Waals surface area contributed by atoms with Crippen LogP contribution in [0.3, 0.4) is 0 Å². The van der Waals surface area contributed by atoms with E-state index in [-0.39, 0.29) is 30.1 Å². The Kier molecular flexibility index (Phi) is 8.91. The SMILES string of the molecule is C=S(=O)(OC1=CCC([C@@H]2C3CC=C(OC(C)(C)C)C=C3CC[C@@H]2c2ccccc2)C=C1)C(F)(F)C(F)(F)C(F)(F)C(F)(F)F. The molecule has 0 spiro atoms. The van der Waals surface area contributed by atoms with Crippen LogP contribution in [0, 0.1) is 17.8 Å². The lowest BCUT2D eigenvalue weighted by Gasteiger charge is -2.45. The van der Waals surface area contributed by atoms with Crippen molar-refractivity contribution >= 4 is 15.7 Å². The van der Waals surface area contributed by atoms with E-state index in [4.69, 9.17) is 4.74 Å². The first-order chi connectivity index (χ1) is 20.1. The highest BCUT2D eigenvalue weighted by molar-refractivity contribution is 7.97. The fourth-order valence-electron chi connectivity index (χ4n) is 6.04. The van der Waals surface area contributed by atoms with Gasteiger partial charge in [-0.05, 0) is 106 Å². The van der Waals surface area contributed by atoms with E-state index < -0.39 is 44.4 Å². The lowest BCUT2D eigenvalue weighted by molar-refractivity contribution is -0.382. The van der Waals surface area contributed by atoms with Crippen LogP contribution in [-0.2, 0) is 18.7 Å². The average molecular weight is 657 g/mol. The molecule has 1 aromatic carbocycles. The largest absolute Gasteiger partial charge is 0.489 e. The van der Waals surface area contributed by atoms with Crippen LogP contribution in [0.4, 0.5) is 39.5 Å². The Morgan fingerprint density at radius 3 is 2.00 bits per heavy atom. The van der Waals surface area contributed by atoms with Crippen LogP contribution in [0.5, 0.6) is 0 Å². The zero-order valence-corrected chi connectivity index (χ0v) is 25.0. The van der Waals surface area contributed by atoms with Crippen molar-refractivity contribution in [1.82, 2.24) is 0 Å². The molecule has 3 unspecified atom stereocenters. The molecule has 1 fully saturated rings. The van der Waals surface area contributed by atoms with Crippen molar-refractivity contribution in [3.63, 3.8) is 0 Å². The second-order valence-electron chi connectivity index (χ2n) is 12.2. The fourth-order valence-corrected chi connectivity index (χ4v) is 7.10. The van der Waals surface area contributed by atoms with Gasteiger partial charge in [0, 0.05) is 0 Å². The Morgan fingerprint density at radius 1 is 0.841 bits per heavy atom. The number of rotatable bonds is 8. The number of halogens is 9. The van der Waals surface area contributed by atoms with Crippen molar-refractivity contribution in [2.45, 2.75) is 81.2 Å². The smallest absolute Gasteiger partial charge is 0.460 e. The van der Waals surface area contributed by atoms with Gasteiger partial charge in [0.1, 0.15) is 17.1 Å². The zero-order chi connectivity index (χ0) is 32.9. The van der Waals surface area contributed by atoms with Gasteiger partial charge in [-0.2, -0.15) is 39.5 Å². The molecule has 1 aromatic rings. The van der Waals surface area contributed by atoms with E-state index in [1.807, 2.05) is 63.3 Å². The molecule has 0 bridgehead atoms. The monoisotopic (exact) mass is 656 g/mol. The van der Waals surface area contributed by atoms with Crippen molar-refractivity contribution in [3.05, 3.63) is 83.4 Å². The molecule has 244 valence electrons. The quantitative estimate of drug-likeness (QED) is 0.207. The maximum absolute atomic E-state index is 14.4. The van der Waals surface area contributed by atoms with Crippen LogP contribution < -0.4 is 0 Å². The maximum Gasteiger partial charge on any atom is 0.460 e. The first-order valence-electron chi connectivity index (χ1n) is 13.9. The maximum atomic E-state index is 14.4. The lowest BCUT2D eigenvalue weighted by atomic mass is 9.60. The average Bonchev–Trinajstić information content (AvgIpc) is 2.91. The number of allylic oxidation sites excluding steroid dienone is 6. The third kappa shape index (κ3) is 6.30. The minimum absolute atomic E-state index is 0.0285. The second-order valence-corrected chi connectivity index (χ2v) is 14.2. The Hall–Kier alpha value is -2.83. The van der Waals surface area contributed by atoms with Crippen molar-refractivity contribution in [2.75, 3.05) is 0 Å². The first kappa shape index (κ1) is 34.1. The van der Waals surface area contributed by atoms with Crippen LogP contribution in [0.15, 0.2) is 77.8 Å². The number of hydrogen-bond donors (Lipinski definition) is 0. The van der Waals surface area contributed by atoms with E-state index >= 15 is 0 Å². The van der Waals surface area contributed by atoms with Gasteiger partial charge in [-0.1, -0.05) is 42.0 Å². The molecule has 0 amide bonds. The van der Waals surface area contributed by atoms with E-state index in [0.717, 1.165) is 30.2 Å². The third-order valence-corrected chi connectivity index (χ3v) is 9.53. The Bertz CT molecular complexity index is 1450. The van der Waals surface area contributed by atoms with Gasteiger partial charge in [0.2, 0.25) is 0 Å². The van der Waals surface area contributed by atoms with Crippen molar-refractivity contribution in [3.8, 4) is 0 Å². The minimum Gasteiger partial charge on any atom is -0.489 e. The first-order valence-corrected chi connectivity index (χ1v) is 15.5. The molecule has 5 atom stereocenters. The third-order valence-electron chi connectivity index (χ3n) is 8.03. The highest BCUT2D eigenvalue weighted by atomic mass is 32.2. The summed E-state index contributed by atoms with van der Waals surface area (Å²) in [4.78, 5) is 0. The normalized spacial score (nSPS) is 26.5. The summed E-state index contributed by atoms with van der Waals surface area (Å²) < 4.78 is 144. The standard InChI is InChI=1S/C31H33F9O3S/c1-27(2,3)42-23-15-17-25-21(18-23)12-16-24(19-8-6-5-7-9-19)26(25)20-10-13-22(14-11-20)43-44(4,41)31(39,40)29(34,35)28(32,33)30(36,37)38/h5-10,13-15,18,20,24-26H,4,11-12,16-17H2,1-3H3/t20?,24-,25?,26+,44?/m1/s1. The van der Waals surface area contributed by atoms with Gasteiger partial charge < -0.3 is 8.92 Å². The van der Waals surface area contributed by atoms with Crippen molar-refractivity contribution in [2.24, 2.45) is 17.8 Å². The molecule has 3 aliphatic rings. The van der Waals surface area contributed by atoms with Gasteiger partial charge in [-0.3, -0.25) is 0 Å². The Labute approximate surface area is 250 Å². The van der Waals surface area contributed by atoms with Gasteiger partial charge in [0.15, 0.2) is 9.80 Å². The van der Waals surface area contributed by atoms with Crippen LogP contribution in [0.25, 0.3) is 0 Å². The summed E-state index contributed by atoms with van der Waals surface area (Å²) >= 11 is 0. The van der Waals surface area contributed by atoms with Crippen molar-refractivity contribution in [1.29, 1.82) is 0 Å². The number of fused-ring (bicyclic) bond motifs is 1. The summed E-state index contributed by atoms with van der Waals surface area (Å²) in [7, 11) is -6.01. The van der Waals surface area contributed by atoms with Gasteiger partial charge >= 0.3 is 23.3 Å². The van der Waals surface area contributed by atoms with E-state index in [0.29, 0.717) is 6.42 Å². The Balaban J connectivity index is 1.58. The number of benzene rings is 1. The molecule has 0 radical (unpaired) electrons. The predicted molar refractivity (Wildman–Crippen MR) is 150 cm³/mol. The van der Waals surface area contributed by atoms with E-state index in [1.165, 1.54) is 11.6 Å². The molecular weight excluding hydrogens is 623 g/mol. The molecule has 0 heterocycles. The topological polar surface area (TPSA) is 35.5 Å². The van der Waals surface area contributed by atoms with Gasteiger partial charge in [0.05, 0.1) is 0 Å². The van der Waals surface area contributed by atoms with E-state index in [2.05, 4.69) is 10.1 Å². The lowest BCUT2D eigenvalue weighted by Crippen LogP contribution is -2.63. The summed E-state index contributed by atoms with van der Waals surface area (Å²) in [6.07, 6.45) is 3.18. The molecule has 4 rings (SSSR count). The summed E-state index contributed by atoms with van der Waals surface area (Å²) in [5, 5.41) is -6.48. The highest BCUT2D eigenvalue weighted by Gasteiger charge is 2.84. The molecule has 0 N–H and O–H groups in total. The van der Waals surface area contributed by atoms with Gasteiger partial charge in [-0.25, -0.2) is 4.21 Å².